The Morgan fingerprint density at radius 3 is 2.58 bits per heavy atom. The average Bonchev–Trinajstić information content (AvgIpc) is 3.41. The lowest BCUT2D eigenvalue weighted by Crippen LogP contribution is -2.08. The molecule has 2 aromatic carbocycles. The molecule has 2 aromatic heterocycles. The van der Waals surface area contributed by atoms with E-state index in [1.54, 1.807) is 10.9 Å². The zero-order chi connectivity index (χ0) is 26.1. The number of hydrogen-bond donors (Lipinski definition) is 0. The highest BCUT2D eigenvalue weighted by molar-refractivity contribution is 5.91. The SMILES string of the molecule is COC(=O)c1cnn(-c2cccc(-c3cccc(/C=C/C4CCCCC4)c3)c2)c1[C@@H]1C[C@H]1c1cn(C)nn1. The van der Waals surface area contributed by atoms with Crippen molar-refractivity contribution in [2.45, 2.75) is 50.4 Å². The molecule has 2 aliphatic carbocycles. The number of aryl methyl sites for hydroxylation is 1. The van der Waals surface area contributed by atoms with Crippen LogP contribution in [-0.2, 0) is 11.8 Å². The van der Waals surface area contributed by atoms with Crippen molar-refractivity contribution in [2.75, 3.05) is 7.11 Å². The van der Waals surface area contributed by atoms with Crippen LogP contribution in [0.3, 0.4) is 0 Å². The number of esters is 1. The number of nitrogens with zero attached hydrogens (tertiary/aromatic N) is 5. The normalized spacial score (nSPS) is 19.6. The predicted molar refractivity (Wildman–Crippen MR) is 147 cm³/mol. The molecule has 38 heavy (non-hydrogen) atoms. The van der Waals surface area contributed by atoms with Crippen LogP contribution in [0.15, 0.2) is 67.0 Å². The molecule has 6 rings (SSSR count). The maximum Gasteiger partial charge on any atom is 0.341 e. The van der Waals surface area contributed by atoms with E-state index in [-0.39, 0.29) is 17.8 Å². The van der Waals surface area contributed by atoms with Crippen LogP contribution >= 0.6 is 0 Å². The number of ether oxygens (including phenoxy) is 1. The number of allylic oxidation sites excluding steroid dienone is 1. The second kappa shape index (κ2) is 10.4. The number of benzene rings is 2. The molecule has 0 spiro atoms. The summed E-state index contributed by atoms with van der Waals surface area (Å²) in [6.45, 7) is 0. The zero-order valence-corrected chi connectivity index (χ0v) is 22.0. The van der Waals surface area contributed by atoms with E-state index in [9.17, 15) is 4.79 Å². The maximum absolute atomic E-state index is 12.6. The number of hydrogen-bond acceptors (Lipinski definition) is 5. The van der Waals surface area contributed by atoms with E-state index in [0.29, 0.717) is 11.5 Å². The van der Waals surface area contributed by atoms with E-state index in [4.69, 9.17) is 4.74 Å². The first kappa shape index (κ1) is 24.3. The van der Waals surface area contributed by atoms with Crippen molar-refractivity contribution >= 4 is 12.0 Å². The Morgan fingerprint density at radius 2 is 1.82 bits per heavy atom. The van der Waals surface area contributed by atoms with Gasteiger partial charge in [0.25, 0.3) is 0 Å². The molecule has 2 fully saturated rings. The van der Waals surface area contributed by atoms with E-state index < -0.39 is 0 Å². The van der Waals surface area contributed by atoms with Gasteiger partial charge in [0.2, 0.25) is 0 Å². The van der Waals surface area contributed by atoms with Crippen molar-refractivity contribution in [1.29, 1.82) is 0 Å². The molecule has 2 heterocycles. The lowest BCUT2D eigenvalue weighted by molar-refractivity contribution is 0.0599. The number of aromatic nitrogens is 5. The van der Waals surface area contributed by atoms with Crippen LogP contribution in [0.5, 0.6) is 0 Å². The molecule has 2 saturated carbocycles. The minimum absolute atomic E-state index is 0.125. The summed E-state index contributed by atoms with van der Waals surface area (Å²) in [5, 5.41) is 13.0. The topological polar surface area (TPSA) is 74.8 Å². The van der Waals surface area contributed by atoms with Crippen molar-refractivity contribution in [3.05, 3.63) is 89.5 Å². The van der Waals surface area contributed by atoms with E-state index in [1.807, 2.05) is 30.1 Å². The molecular formula is C31H33N5O2. The Kier molecular flexibility index (Phi) is 6.66. The van der Waals surface area contributed by atoms with Crippen LogP contribution in [-0.4, -0.2) is 37.9 Å². The molecule has 0 N–H and O–H groups in total. The van der Waals surface area contributed by atoms with Gasteiger partial charge in [-0.3, -0.25) is 4.68 Å². The van der Waals surface area contributed by atoms with Gasteiger partial charge in [0.1, 0.15) is 5.56 Å². The van der Waals surface area contributed by atoms with Gasteiger partial charge < -0.3 is 4.74 Å². The summed E-state index contributed by atoms with van der Waals surface area (Å²) in [7, 11) is 3.27. The van der Waals surface area contributed by atoms with Crippen LogP contribution in [0.4, 0.5) is 0 Å². The third-order valence-corrected chi connectivity index (χ3v) is 7.88. The van der Waals surface area contributed by atoms with Crippen molar-refractivity contribution in [3.63, 3.8) is 0 Å². The Bertz CT molecular complexity index is 1480. The van der Waals surface area contributed by atoms with Gasteiger partial charge >= 0.3 is 5.97 Å². The van der Waals surface area contributed by atoms with Crippen LogP contribution in [0.2, 0.25) is 0 Å². The molecule has 0 aliphatic heterocycles. The molecule has 4 aromatic rings. The molecule has 2 aliphatic rings. The monoisotopic (exact) mass is 507 g/mol. The zero-order valence-electron chi connectivity index (χ0n) is 22.0. The first-order chi connectivity index (χ1) is 18.6. The molecule has 0 unspecified atom stereocenters. The van der Waals surface area contributed by atoms with Gasteiger partial charge in [-0.05, 0) is 60.1 Å². The predicted octanol–water partition coefficient (Wildman–Crippen LogP) is 6.32. The van der Waals surface area contributed by atoms with Crippen molar-refractivity contribution in [1.82, 2.24) is 24.8 Å². The smallest absolute Gasteiger partial charge is 0.341 e. The Morgan fingerprint density at radius 1 is 1.03 bits per heavy atom. The fraction of sp³-hybridized carbons (Fsp3) is 0.355. The van der Waals surface area contributed by atoms with E-state index in [1.165, 1.54) is 44.8 Å². The molecular weight excluding hydrogens is 474 g/mol. The van der Waals surface area contributed by atoms with Crippen LogP contribution in [0, 0.1) is 5.92 Å². The summed E-state index contributed by atoms with van der Waals surface area (Å²) in [5.41, 5.74) is 6.71. The molecule has 0 amide bonds. The maximum atomic E-state index is 12.6. The fourth-order valence-corrected chi connectivity index (χ4v) is 5.76. The number of carbonyl (C=O) groups excluding carboxylic acids is 1. The number of rotatable bonds is 7. The van der Waals surface area contributed by atoms with E-state index >= 15 is 0 Å². The molecule has 194 valence electrons. The van der Waals surface area contributed by atoms with Gasteiger partial charge in [-0.15, -0.1) is 5.10 Å². The fourth-order valence-electron chi connectivity index (χ4n) is 5.76. The third kappa shape index (κ3) is 4.93. The molecule has 0 radical (unpaired) electrons. The summed E-state index contributed by atoms with van der Waals surface area (Å²) in [4.78, 5) is 12.6. The summed E-state index contributed by atoms with van der Waals surface area (Å²) in [5.74, 6) is 0.661. The van der Waals surface area contributed by atoms with Gasteiger partial charge in [-0.2, -0.15) is 5.10 Å². The quantitative estimate of drug-likeness (QED) is 0.274. The molecule has 0 saturated heterocycles. The van der Waals surface area contributed by atoms with E-state index in [0.717, 1.165) is 34.6 Å². The second-order valence-corrected chi connectivity index (χ2v) is 10.5. The summed E-state index contributed by atoms with van der Waals surface area (Å²) in [6.07, 6.45) is 15.8. The van der Waals surface area contributed by atoms with Gasteiger partial charge in [0.15, 0.2) is 0 Å². The Balaban J connectivity index is 1.31. The average molecular weight is 508 g/mol. The largest absolute Gasteiger partial charge is 0.465 e. The van der Waals surface area contributed by atoms with Crippen molar-refractivity contribution in [3.8, 4) is 16.8 Å². The Labute approximate surface area is 223 Å². The van der Waals surface area contributed by atoms with Crippen molar-refractivity contribution < 1.29 is 9.53 Å². The molecule has 7 nitrogen and oxygen atoms in total. The summed E-state index contributed by atoms with van der Waals surface area (Å²) in [6, 6.07) is 17.0. The van der Waals surface area contributed by atoms with Crippen LogP contribution in [0.1, 0.15) is 77.7 Å². The number of carbonyl (C=O) groups is 1. The Hall–Kier alpha value is -4.00. The van der Waals surface area contributed by atoms with Gasteiger partial charge in [0, 0.05) is 25.1 Å². The minimum atomic E-state index is -0.371. The first-order valence-electron chi connectivity index (χ1n) is 13.5. The van der Waals surface area contributed by atoms with Gasteiger partial charge in [-0.25, -0.2) is 9.48 Å². The highest BCUT2D eigenvalue weighted by Gasteiger charge is 2.46. The second-order valence-electron chi connectivity index (χ2n) is 10.5. The summed E-state index contributed by atoms with van der Waals surface area (Å²) < 4.78 is 8.70. The standard InChI is InChI=1S/C31H33N5O2/c1-35-20-29(33-34-35)26-18-27(26)30-28(31(37)38-2)19-32-36(30)25-13-7-12-24(17-25)23-11-6-10-22(16-23)15-14-21-8-4-3-5-9-21/h6-7,10-17,19-21,26-27H,3-5,8-9,18H2,1-2H3/b15-14+/t26-,27-/m1/s1. The van der Waals surface area contributed by atoms with E-state index in [2.05, 4.69) is 64.0 Å². The summed E-state index contributed by atoms with van der Waals surface area (Å²) >= 11 is 0. The highest BCUT2D eigenvalue weighted by atomic mass is 16.5. The first-order valence-corrected chi connectivity index (χ1v) is 13.5. The third-order valence-electron chi connectivity index (χ3n) is 7.88. The van der Waals surface area contributed by atoms with Crippen molar-refractivity contribution in [2.24, 2.45) is 13.0 Å². The highest BCUT2D eigenvalue weighted by Crippen LogP contribution is 2.55. The lowest BCUT2D eigenvalue weighted by atomic mass is 9.88. The number of methoxy groups -OCH3 is 1. The lowest BCUT2D eigenvalue weighted by Gasteiger charge is -2.17. The van der Waals surface area contributed by atoms with Gasteiger partial charge in [0.05, 0.1) is 30.4 Å². The molecule has 2 atom stereocenters. The van der Waals surface area contributed by atoms with Crippen LogP contribution < -0.4 is 0 Å². The minimum Gasteiger partial charge on any atom is -0.465 e. The van der Waals surface area contributed by atoms with Crippen LogP contribution in [0.25, 0.3) is 22.9 Å². The molecule has 0 bridgehead atoms. The van der Waals surface area contributed by atoms with Gasteiger partial charge in [-0.1, -0.05) is 67.0 Å². The molecule has 7 heteroatoms.